The summed E-state index contributed by atoms with van der Waals surface area (Å²) < 4.78 is 1.73. The Morgan fingerprint density at radius 1 is 1.20 bits per heavy atom. The molecule has 7 heteroatoms. The molecule has 20 heavy (non-hydrogen) atoms. The first kappa shape index (κ1) is 13.1. The predicted octanol–water partition coefficient (Wildman–Crippen LogP) is 3.64. The summed E-state index contributed by atoms with van der Waals surface area (Å²) in [6.45, 7) is 1.87. The molecule has 3 rings (SSSR count). The highest BCUT2D eigenvalue weighted by Crippen LogP contribution is 2.34. The molecule has 0 atom stereocenters. The van der Waals surface area contributed by atoms with Crippen molar-refractivity contribution < 1.29 is 0 Å². The topological polar surface area (TPSA) is 55.6 Å². The van der Waals surface area contributed by atoms with E-state index in [0.717, 1.165) is 27.2 Å². The fourth-order valence-corrected chi connectivity index (χ4v) is 3.03. The maximum absolute atomic E-state index is 6.25. The number of nitrogens with one attached hydrogen (secondary N) is 1. The Bertz CT molecular complexity index is 735. The minimum absolute atomic E-state index is 0.620. The highest BCUT2D eigenvalue weighted by Gasteiger charge is 2.17. The van der Waals surface area contributed by atoms with Gasteiger partial charge in [0.1, 0.15) is 5.69 Å². The predicted molar refractivity (Wildman–Crippen MR) is 81.6 cm³/mol. The lowest BCUT2D eigenvalue weighted by molar-refractivity contribution is 0.762. The summed E-state index contributed by atoms with van der Waals surface area (Å²) in [6, 6.07) is 9.84. The largest absolute Gasteiger partial charge is 0.330 e. The Labute approximate surface area is 125 Å². The van der Waals surface area contributed by atoms with Crippen LogP contribution in [0.5, 0.6) is 0 Å². The highest BCUT2D eigenvalue weighted by molar-refractivity contribution is 7.18. The number of benzene rings is 1. The first-order chi connectivity index (χ1) is 9.65. The maximum atomic E-state index is 6.25. The van der Waals surface area contributed by atoms with E-state index in [-0.39, 0.29) is 0 Å². The van der Waals surface area contributed by atoms with E-state index >= 15 is 0 Å². The Hall–Kier alpha value is -1.92. The van der Waals surface area contributed by atoms with Crippen LogP contribution < -0.4 is 5.32 Å². The SMILES string of the molecule is Cc1nn(C)c(-c2nnc(Nc3ccccc3)s2)c1Cl. The summed E-state index contributed by atoms with van der Waals surface area (Å²) in [5, 5.41) is 17.9. The number of hydrogen-bond donors (Lipinski definition) is 1. The van der Waals surface area contributed by atoms with E-state index in [4.69, 9.17) is 11.6 Å². The summed E-state index contributed by atoms with van der Waals surface area (Å²) >= 11 is 7.70. The first-order valence-electron chi connectivity index (χ1n) is 6.00. The van der Waals surface area contributed by atoms with Crippen LogP contribution in [0.1, 0.15) is 5.69 Å². The summed E-state index contributed by atoms with van der Waals surface area (Å²) in [4.78, 5) is 0. The lowest BCUT2D eigenvalue weighted by Crippen LogP contribution is -1.93. The van der Waals surface area contributed by atoms with Gasteiger partial charge in [0.15, 0.2) is 5.01 Å². The van der Waals surface area contributed by atoms with Crippen LogP contribution in [-0.4, -0.2) is 20.0 Å². The third-order valence-electron chi connectivity index (χ3n) is 2.80. The Morgan fingerprint density at radius 2 is 1.95 bits per heavy atom. The van der Waals surface area contributed by atoms with Gasteiger partial charge >= 0.3 is 0 Å². The van der Waals surface area contributed by atoms with Gasteiger partial charge in [0, 0.05) is 12.7 Å². The minimum Gasteiger partial charge on any atom is -0.330 e. The molecular weight excluding hydrogens is 294 g/mol. The van der Waals surface area contributed by atoms with Crippen LogP contribution in [0.4, 0.5) is 10.8 Å². The van der Waals surface area contributed by atoms with Crippen LogP contribution in [0.3, 0.4) is 0 Å². The molecule has 102 valence electrons. The summed E-state index contributed by atoms with van der Waals surface area (Å²) in [7, 11) is 1.85. The number of aromatic nitrogens is 4. The van der Waals surface area contributed by atoms with Crippen molar-refractivity contribution in [2.45, 2.75) is 6.92 Å². The molecule has 1 aromatic carbocycles. The third-order valence-corrected chi connectivity index (χ3v) is 4.10. The zero-order valence-corrected chi connectivity index (χ0v) is 12.5. The quantitative estimate of drug-likeness (QED) is 0.802. The maximum Gasteiger partial charge on any atom is 0.210 e. The molecule has 0 spiro atoms. The standard InChI is InChI=1S/C13H12ClN5S/c1-8-10(14)11(19(2)18-8)12-16-17-13(20-12)15-9-6-4-3-5-7-9/h3-7H,1-2H3,(H,15,17). The van der Waals surface area contributed by atoms with Crippen molar-refractivity contribution in [2.75, 3.05) is 5.32 Å². The zero-order chi connectivity index (χ0) is 14.1. The van der Waals surface area contributed by atoms with Crippen molar-refractivity contribution in [3.8, 4) is 10.7 Å². The second-order valence-electron chi connectivity index (χ2n) is 4.27. The van der Waals surface area contributed by atoms with E-state index < -0.39 is 0 Å². The smallest absolute Gasteiger partial charge is 0.210 e. The van der Waals surface area contributed by atoms with Gasteiger partial charge in [0.25, 0.3) is 0 Å². The molecule has 1 N–H and O–H groups in total. The van der Waals surface area contributed by atoms with Gasteiger partial charge in [-0.25, -0.2) is 0 Å². The average Bonchev–Trinajstić information content (AvgIpc) is 2.97. The van der Waals surface area contributed by atoms with Crippen LogP contribution in [0.2, 0.25) is 5.02 Å². The molecule has 0 saturated carbocycles. The normalized spacial score (nSPS) is 10.8. The van der Waals surface area contributed by atoms with Crippen LogP contribution >= 0.6 is 22.9 Å². The molecule has 0 bridgehead atoms. The van der Waals surface area contributed by atoms with Crippen LogP contribution in [0, 0.1) is 6.92 Å². The molecule has 0 aliphatic carbocycles. The van der Waals surface area contributed by atoms with E-state index in [1.807, 2.05) is 44.3 Å². The molecule has 0 radical (unpaired) electrons. The summed E-state index contributed by atoms with van der Waals surface area (Å²) in [6.07, 6.45) is 0. The monoisotopic (exact) mass is 305 g/mol. The Kier molecular flexibility index (Phi) is 3.42. The van der Waals surface area contributed by atoms with Crippen LogP contribution in [0.25, 0.3) is 10.7 Å². The molecule has 5 nitrogen and oxygen atoms in total. The number of nitrogens with zero attached hydrogens (tertiary/aromatic N) is 4. The lowest BCUT2D eigenvalue weighted by atomic mass is 10.3. The number of hydrogen-bond acceptors (Lipinski definition) is 5. The van der Waals surface area contributed by atoms with E-state index in [0.29, 0.717) is 5.02 Å². The Morgan fingerprint density at radius 3 is 2.60 bits per heavy atom. The van der Waals surface area contributed by atoms with Crippen LogP contribution in [-0.2, 0) is 7.05 Å². The average molecular weight is 306 g/mol. The third kappa shape index (κ3) is 2.39. The molecule has 0 saturated heterocycles. The van der Waals surface area contributed by atoms with E-state index in [9.17, 15) is 0 Å². The minimum atomic E-state index is 0.620. The van der Waals surface area contributed by atoms with Gasteiger partial charge in [-0.05, 0) is 19.1 Å². The number of halogens is 1. The van der Waals surface area contributed by atoms with E-state index in [1.54, 1.807) is 4.68 Å². The second-order valence-corrected chi connectivity index (χ2v) is 5.63. The van der Waals surface area contributed by atoms with E-state index in [1.165, 1.54) is 11.3 Å². The van der Waals surface area contributed by atoms with Gasteiger partial charge in [0.2, 0.25) is 5.13 Å². The van der Waals surface area contributed by atoms with Crippen molar-refractivity contribution in [1.82, 2.24) is 20.0 Å². The molecule has 2 aromatic heterocycles. The molecule has 0 aliphatic heterocycles. The lowest BCUT2D eigenvalue weighted by Gasteiger charge is -1.99. The highest BCUT2D eigenvalue weighted by atomic mass is 35.5. The molecule has 0 aliphatic rings. The van der Waals surface area contributed by atoms with Gasteiger partial charge in [0.05, 0.1) is 10.7 Å². The molecule has 0 amide bonds. The molecular formula is C13H12ClN5S. The van der Waals surface area contributed by atoms with Gasteiger partial charge < -0.3 is 5.32 Å². The second kappa shape index (κ2) is 5.22. The van der Waals surface area contributed by atoms with Crippen LogP contribution in [0.15, 0.2) is 30.3 Å². The molecule has 0 fully saturated rings. The summed E-state index contributed by atoms with van der Waals surface area (Å²) in [5.41, 5.74) is 2.56. The fourth-order valence-electron chi connectivity index (χ4n) is 1.88. The number of anilines is 2. The van der Waals surface area contributed by atoms with Crippen molar-refractivity contribution in [2.24, 2.45) is 7.05 Å². The fraction of sp³-hybridized carbons (Fsp3) is 0.154. The van der Waals surface area contributed by atoms with Gasteiger partial charge in [-0.15, -0.1) is 10.2 Å². The number of aryl methyl sites for hydroxylation is 2. The number of para-hydroxylation sites is 1. The molecule has 3 aromatic rings. The van der Waals surface area contributed by atoms with Crippen molar-refractivity contribution in [3.63, 3.8) is 0 Å². The van der Waals surface area contributed by atoms with Crippen molar-refractivity contribution in [1.29, 1.82) is 0 Å². The van der Waals surface area contributed by atoms with Crippen molar-refractivity contribution >= 4 is 33.8 Å². The number of rotatable bonds is 3. The molecule has 0 unspecified atom stereocenters. The summed E-state index contributed by atoms with van der Waals surface area (Å²) in [5.74, 6) is 0. The van der Waals surface area contributed by atoms with Gasteiger partial charge in [-0.3, -0.25) is 4.68 Å². The first-order valence-corrected chi connectivity index (χ1v) is 7.19. The van der Waals surface area contributed by atoms with Crippen molar-refractivity contribution in [3.05, 3.63) is 41.0 Å². The molecule has 2 heterocycles. The zero-order valence-electron chi connectivity index (χ0n) is 11.0. The van der Waals surface area contributed by atoms with E-state index in [2.05, 4.69) is 20.6 Å². The van der Waals surface area contributed by atoms with Gasteiger partial charge in [-0.2, -0.15) is 5.10 Å². The van der Waals surface area contributed by atoms with Gasteiger partial charge in [-0.1, -0.05) is 41.1 Å². The Balaban J connectivity index is 1.91.